The zero-order valence-corrected chi connectivity index (χ0v) is 13.5. The topological polar surface area (TPSA) is 69.7 Å². The fraction of sp³-hybridized carbons (Fsp3) is 0.500. The average Bonchev–Trinajstić information content (AvgIpc) is 3.00. The van der Waals surface area contributed by atoms with Crippen LogP contribution in [0.1, 0.15) is 31.2 Å². The Morgan fingerprint density at radius 1 is 1.12 bits per heavy atom. The SMILES string of the molecule is O=C1CC(CN2C(=O)NC3(CCC3)C2=O)CN1Cc1ccccc1. The molecule has 1 aromatic carbocycles. The Kier molecular flexibility index (Phi) is 3.55. The van der Waals surface area contributed by atoms with Crippen molar-refractivity contribution in [3.8, 4) is 0 Å². The van der Waals surface area contributed by atoms with E-state index in [9.17, 15) is 14.4 Å². The minimum absolute atomic E-state index is 0.0196. The van der Waals surface area contributed by atoms with Gasteiger partial charge >= 0.3 is 6.03 Å². The molecule has 0 bridgehead atoms. The second-order valence-electron chi connectivity index (χ2n) is 7.11. The average molecular weight is 327 g/mol. The molecule has 1 atom stereocenters. The predicted octanol–water partition coefficient (Wildman–Crippen LogP) is 1.51. The summed E-state index contributed by atoms with van der Waals surface area (Å²) in [5.41, 5.74) is 0.457. The van der Waals surface area contributed by atoms with Crippen LogP contribution < -0.4 is 5.32 Å². The monoisotopic (exact) mass is 327 g/mol. The van der Waals surface area contributed by atoms with Gasteiger partial charge in [-0.1, -0.05) is 30.3 Å². The Morgan fingerprint density at radius 3 is 2.50 bits per heavy atom. The van der Waals surface area contributed by atoms with Crippen molar-refractivity contribution in [1.82, 2.24) is 15.1 Å². The molecule has 0 aromatic heterocycles. The maximum absolute atomic E-state index is 12.5. The number of imide groups is 1. The molecule has 1 spiro atoms. The maximum atomic E-state index is 12.5. The molecule has 3 fully saturated rings. The van der Waals surface area contributed by atoms with Crippen LogP contribution in [0.3, 0.4) is 0 Å². The van der Waals surface area contributed by atoms with Gasteiger partial charge in [0.25, 0.3) is 5.91 Å². The molecule has 24 heavy (non-hydrogen) atoms. The molecule has 6 nitrogen and oxygen atoms in total. The van der Waals surface area contributed by atoms with E-state index in [0.717, 1.165) is 24.8 Å². The summed E-state index contributed by atoms with van der Waals surface area (Å²) in [5.74, 6) is 0.00751. The van der Waals surface area contributed by atoms with E-state index in [4.69, 9.17) is 0 Å². The van der Waals surface area contributed by atoms with Crippen molar-refractivity contribution in [2.75, 3.05) is 13.1 Å². The summed E-state index contributed by atoms with van der Waals surface area (Å²) in [6, 6.07) is 9.56. The lowest BCUT2D eigenvalue weighted by Crippen LogP contribution is -2.52. The van der Waals surface area contributed by atoms with Crippen LogP contribution in [-0.4, -0.2) is 46.3 Å². The van der Waals surface area contributed by atoms with Gasteiger partial charge in [-0.15, -0.1) is 0 Å². The molecular formula is C18H21N3O3. The van der Waals surface area contributed by atoms with Gasteiger partial charge in [-0.3, -0.25) is 14.5 Å². The highest BCUT2D eigenvalue weighted by Crippen LogP contribution is 2.37. The number of benzene rings is 1. The van der Waals surface area contributed by atoms with Gasteiger partial charge in [0.1, 0.15) is 5.54 Å². The largest absolute Gasteiger partial charge is 0.338 e. The number of nitrogens with one attached hydrogen (secondary N) is 1. The third kappa shape index (κ3) is 2.46. The summed E-state index contributed by atoms with van der Waals surface area (Å²) in [6.07, 6.45) is 2.85. The predicted molar refractivity (Wildman–Crippen MR) is 86.8 cm³/mol. The van der Waals surface area contributed by atoms with Crippen molar-refractivity contribution in [3.63, 3.8) is 0 Å². The molecule has 6 heteroatoms. The summed E-state index contributed by atoms with van der Waals surface area (Å²) in [6.45, 7) is 1.52. The number of carbonyl (C=O) groups excluding carboxylic acids is 3. The summed E-state index contributed by atoms with van der Waals surface area (Å²) >= 11 is 0. The summed E-state index contributed by atoms with van der Waals surface area (Å²) < 4.78 is 0. The first-order valence-corrected chi connectivity index (χ1v) is 8.53. The number of carbonyl (C=O) groups is 3. The molecule has 4 amide bonds. The Bertz CT molecular complexity index is 684. The van der Waals surface area contributed by atoms with Crippen molar-refractivity contribution in [2.45, 2.75) is 37.8 Å². The van der Waals surface area contributed by atoms with Crippen molar-refractivity contribution >= 4 is 17.8 Å². The van der Waals surface area contributed by atoms with E-state index in [0.29, 0.717) is 26.1 Å². The minimum Gasteiger partial charge on any atom is -0.338 e. The number of rotatable bonds is 4. The van der Waals surface area contributed by atoms with Crippen LogP contribution in [0.5, 0.6) is 0 Å². The van der Waals surface area contributed by atoms with Crippen molar-refractivity contribution < 1.29 is 14.4 Å². The lowest BCUT2D eigenvalue weighted by molar-refractivity contribution is -0.134. The van der Waals surface area contributed by atoms with Crippen LogP contribution in [0.25, 0.3) is 0 Å². The van der Waals surface area contributed by atoms with Gasteiger partial charge in [0.05, 0.1) is 0 Å². The number of hydrogen-bond donors (Lipinski definition) is 1. The first kappa shape index (κ1) is 15.2. The van der Waals surface area contributed by atoms with Gasteiger partial charge in [-0.05, 0) is 24.8 Å². The zero-order chi connectivity index (χ0) is 16.7. The molecule has 1 aliphatic carbocycles. The molecule has 1 N–H and O–H groups in total. The number of urea groups is 1. The number of likely N-dealkylation sites (tertiary alicyclic amines) is 1. The molecule has 3 aliphatic rings. The van der Waals surface area contributed by atoms with Crippen LogP contribution in [0.15, 0.2) is 30.3 Å². The Morgan fingerprint density at radius 2 is 1.88 bits per heavy atom. The Balaban J connectivity index is 1.39. The molecule has 2 heterocycles. The molecule has 2 aliphatic heterocycles. The van der Waals surface area contributed by atoms with Crippen LogP contribution in [0, 0.1) is 5.92 Å². The molecule has 2 saturated heterocycles. The quantitative estimate of drug-likeness (QED) is 0.852. The van der Waals surface area contributed by atoms with Gasteiger partial charge in [0.15, 0.2) is 0 Å². The number of amides is 4. The standard InChI is InChI=1S/C18H21N3O3/c22-15-9-14(11-20(15)10-13-5-2-1-3-6-13)12-21-16(23)18(7-4-8-18)19-17(21)24/h1-3,5-6,14H,4,7-12H2,(H,19,24). The Labute approximate surface area is 140 Å². The fourth-order valence-corrected chi connectivity index (χ4v) is 3.90. The van der Waals surface area contributed by atoms with E-state index in [1.807, 2.05) is 35.2 Å². The molecule has 4 rings (SSSR count). The summed E-state index contributed by atoms with van der Waals surface area (Å²) in [4.78, 5) is 40.0. The van der Waals surface area contributed by atoms with Crippen LogP contribution in [0.2, 0.25) is 0 Å². The first-order chi connectivity index (χ1) is 11.6. The third-order valence-corrected chi connectivity index (χ3v) is 5.40. The van der Waals surface area contributed by atoms with Gasteiger partial charge < -0.3 is 10.2 Å². The molecule has 1 saturated carbocycles. The van der Waals surface area contributed by atoms with E-state index in [1.165, 1.54) is 4.90 Å². The lowest BCUT2D eigenvalue weighted by atomic mass is 9.77. The van der Waals surface area contributed by atoms with Crippen LogP contribution in [-0.2, 0) is 16.1 Å². The second-order valence-corrected chi connectivity index (χ2v) is 7.11. The molecule has 1 aromatic rings. The van der Waals surface area contributed by atoms with Crippen LogP contribution >= 0.6 is 0 Å². The molecular weight excluding hydrogens is 306 g/mol. The van der Waals surface area contributed by atoms with Crippen LogP contribution in [0.4, 0.5) is 4.79 Å². The highest BCUT2D eigenvalue weighted by Gasteiger charge is 2.55. The molecule has 1 unspecified atom stereocenters. The first-order valence-electron chi connectivity index (χ1n) is 8.53. The third-order valence-electron chi connectivity index (χ3n) is 5.40. The smallest absolute Gasteiger partial charge is 0.325 e. The highest BCUT2D eigenvalue weighted by molar-refractivity contribution is 6.07. The maximum Gasteiger partial charge on any atom is 0.325 e. The van der Waals surface area contributed by atoms with Gasteiger partial charge in [0.2, 0.25) is 5.91 Å². The Hall–Kier alpha value is -2.37. The van der Waals surface area contributed by atoms with E-state index in [2.05, 4.69) is 5.32 Å². The van der Waals surface area contributed by atoms with Gasteiger partial charge in [-0.2, -0.15) is 0 Å². The van der Waals surface area contributed by atoms with Crippen molar-refractivity contribution in [3.05, 3.63) is 35.9 Å². The normalized spacial score (nSPS) is 25.3. The zero-order valence-electron chi connectivity index (χ0n) is 13.5. The van der Waals surface area contributed by atoms with E-state index in [1.54, 1.807) is 0 Å². The summed E-state index contributed by atoms with van der Waals surface area (Å²) in [7, 11) is 0. The number of hydrogen-bond acceptors (Lipinski definition) is 3. The number of nitrogens with zero attached hydrogens (tertiary/aromatic N) is 2. The van der Waals surface area contributed by atoms with Gasteiger partial charge in [0, 0.05) is 32.0 Å². The van der Waals surface area contributed by atoms with E-state index >= 15 is 0 Å². The highest BCUT2D eigenvalue weighted by atomic mass is 16.2. The van der Waals surface area contributed by atoms with Gasteiger partial charge in [-0.25, -0.2) is 4.79 Å². The second kappa shape index (κ2) is 5.61. The fourth-order valence-electron chi connectivity index (χ4n) is 3.90. The van der Waals surface area contributed by atoms with Crippen molar-refractivity contribution in [2.24, 2.45) is 5.92 Å². The minimum atomic E-state index is -0.635. The molecule has 0 radical (unpaired) electrons. The van der Waals surface area contributed by atoms with E-state index < -0.39 is 5.54 Å². The molecule has 126 valence electrons. The summed E-state index contributed by atoms with van der Waals surface area (Å²) in [5, 5.41) is 2.84. The van der Waals surface area contributed by atoms with Crippen molar-refractivity contribution in [1.29, 1.82) is 0 Å². The lowest BCUT2D eigenvalue weighted by Gasteiger charge is -2.35. The van der Waals surface area contributed by atoms with E-state index in [-0.39, 0.29) is 23.8 Å².